The van der Waals surface area contributed by atoms with E-state index >= 15 is 0 Å². The lowest BCUT2D eigenvalue weighted by atomic mass is 10.1. The number of furan rings is 1. The van der Waals surface area contributed by atoms with Gasteiger partial charge in [0.25, 0.3) is 5.91 Å². The number of nitrogens with zero attached hydrogens (tertiary/aromatic N) is 2. The summed E-state index contributed by atoms with van der Waals surface area (Å²) < 4.78 is 51.9. The van der Waals surface area contributed by atoms with Crippen LogP contribution in [0.15, 0.2) is 57.8 Å². The Hall–Kier alpha value is -2.75. The van der Waals surface area contributed by atoms with Gasteiger partial charge in [-0.1, -0.05) is 18.2 Å². The molecule has 1 aliphatic rings. The highest BCUT2D eigenvalue weighted by Crippen LogP contribution is 2.28. The van der Waals surface area contributed by atoms with Gasteiger partial charge in [-0.2, -0.15) is 4.31 Å². The smallest absolute Gasteiger partial charge is 0.290 e. The van der Waals surface area contributed by atoms with Crippen molar-refractivity contribution in [3.63, 3.8) is 0 Å². The standard InChI is InChI=1S/C23H25FN2O5S/c1-2-30-16-20-19-6-3-4-7-21(19)31-22(20)23(27)25-12-5-13-26(15-14-25)32(28,29)18-10-8-17(24)9-11-18/h3-4,6-11H,2,5,12-16H2,1H3. The van der Waals surface area contributed by atoms with Gasteiger partial charge >= 0.3 is 0 Å². The van der Waals surface area contributed by atoms with Crippen molar-refractivity contribution in [2.45, 2.75) is 24.8 Å². The molecule has 1 aliphatic heterocycles. The van der Waals surface area contributed by atoms with Gasteiger partial charge in [0.1, 0.15) is 11.4 Å². The van der Waals surface area contributed by atoms with Gasteiger partial charge in [0.2, 0.25) is 10.0 Å². The zero-order valence-electron chi connectivity index (χ0n) is 17.8. The van der Waals surface area contributed by atoms with Crippen LogP contribution in [-0.4, -0.2) is 56.3 Å². The summed E-state index contributed by atoms with van der Waals surface area (Å²) in [4.78, 5) is 15.0. The molecular weight excluding hydrogens is 435 g/mol. The number of hydrogen-bond acceptors (Lipinski definition) is 5. The molecule has 170 valence electrons. The second kappa shape index (κ2) is 9.40. The maximum Gasteiger partial charge on any atom is 0.290 e. The van der Waals surface area contributed by atoms with Crippen LogP contribution in [0.25, 0.3) is 11.0 Å². The molecule has 2 aromatic carbocycles. The number of halogens is 1. The second-order valence-corrected chi connectivity index (χ2v) is 9.48. The number of sulfonamides is 1. The SMILES string of the molecule is CCOCc1c(C(=O)N2CCCN(S(=O)(=O)c3ccc(F)cc3)CC2)oc2ccccc12. The van der Waals surface area contributed by atoms with Crippen molar-refractivity contribution in [2.75, 3.05) is 32.8 Å². The Morgan fingerprint density at radius 3 is 2.56 bits per heavy atom. The molecular formula is C23H25FN2O5S. The number of rotatable bonds is 6. The van der Waals surface area contributed by atoms with E-state index < -0.39 is 15.8 Å². The molecule has 3 aromatic rings. The minimum absolute atomic E-state index is 0.0370. The minimum Gasteiger partial charge on any atom is -0.451 e. The van der Waals surface area contributed by atoms with Crippen LogP contribution in [0.1, 0.15) is 29.5 Å². The highest BCUT2D eigenvalue weighted by atomic mass is 32.2. The molecule has 1 fully saturated rings. The summed E-state index contributed by atoms with van der Waals surface area (Å²) in [5.74, 6) is -0.545. The molecule has 0 N–H and O–H groups in total. The van der Waals surface area contributed by atoms with Crippen LogP contribution in [0.2, 0.25) is 0 Å². The Morgan fingerprint density at radius 1 is 1.06 bits per heavy atom. The fourth-order valence-corrected chi connectivity index (χ4v) is 5.33. The normalized spacial score (nSPS) is 15.8. The van der Waals surface area contributed by atoms with Gasteiger partial charge in [0.15, 0.2) is 5.76 Å². The molecule has 0 aliphatic carbocycles. The number of fused-ring (bicyclic) bond motifs is 1. The first-order valence-corrected chi connectivity index (χ1v) is 12.0. The molecule has 9 heteroatoms. The van der Waals surface area contributed by atoms with E-state index in [4.69, 9.17) is 9.15 Å². The third kappa shape index (κ3) is 4.41. The summed E-state index contributed by atoms with van der Waals surface area (Å²) in [6.07, 6.45) is 0.479. The van der Waals surface area contributed by atoms with Gasteiger partial charge in [-0.3, -0.25) is 4.79 Å². The van der Waals surface area contributed by atoms with Crippen LogP contribution in [0.5, 0.6) is 0 Å². The molecule has 1 aromatic heterocycles. The van der Waals surface area contributed by atoms with Crippen LogP contribution in [0, 0.1) is 5.82 Å². The van der Waals surface area contributed by atoms with Crippen LogP contribution in [0.4, 0.5) is 4.39 Å². The molecule has 1 amide bonds. The molecule has 7 nitrogen and oxygen atoms in total. The van der Waals surface area contributed by atoms with E-state index in [9.17, 15) is 17.6 Å². The average Bonchev–Trinajstić information content (AvgIpc) is 2.97. The molecule has 0 bridgehead atoms. The van der Waals surface area contributed by atoms with Gasteiger partial charge < -0.3 is 14.1 Å². The Bertz CT molecular complexity index is 1210. The molecule has 0 atom stereocenters. The fourth-order valence-electron chi connectivity index (χ4n) is 3.86. The van der Waals surface area contributed by atoms with Crippen molar-refractivity contribution >= 4 is 26.9 Å². The predicted octanol–water partition coefficient (Wildman–Crippen LogP) is 3.65. The average molecular weight is 461 g/mol. The third-order valence-electron chi connectivity index (χ3n) is 5.54. The summed E-state index contributed by atoms with van der Waals surface area (Å²) in [7, 11) is -3.77. The van der Waals surface area contributed by atoms with E-state index in [0.717, 1.165) is 17.5 Å². The number of para-hydroxylation sites is 1. The van der Waals surface area contributed by atoms with Crippen LogP contribution in [0.3, 0.4) is 0 Å². The molecule has 0 saturated carbocycles. The summed E-state index contributed by atoms with van der Waals surface area (Å²) in [6, 6.07) is 12.2. The lowest BCUT2D eigenvalue weighted by molar-refractivity contribution is 0.0724. The Kier molecular flexibility index (Phi) is 6.59. The van der Waals surface area contributed by atoms with E-state index in [0.29, 0.717) is 30.7 Å². The zero-order valence-corrected chi connectivity index (χ0v) is 18.6. The fraction of sp³-hybridized carbons (Fsp3) is 0.348. The first-order chi connectivity index (χ1) is 15.4. The molecule has 0 unspecified atom stereocenters. The van der Waals surface area contributed by atoms with Crippen LogP contribution >= 0.6 is 0 Å². The minimum atomic E-state index is -3.77. The van der Waals surface area contributed by atoms with Crippen molar-refractivity contribution < 1.29 is 26.8 Å². The Morgan fingerprint density at radius 2 is 1.81 bits per heavy atom. The first kappa shape index (κ1) is 22.4. The van der Waals surface area contributed by atoms with Gasteiger partial charge in [-0.25, -0.2) is 12.8 Å². The van der Waals surface area contributed by atoms with Gasteiger partial charge in [-0.05, 0) is 43.7 Å². The summed E-state index contributed by atoms with van der Waals surface area (Å²) in [5, 5.41) is 0.833. The summed E-state index contributed by atoms with van der Waals surface area (Å²) in [6.45, 7) is 3.70. The maximum absolute atomic E-state index is 13.3. The molecule has 32 heavy (non-hydrogen) atoms. The second-order valence-electron chi connectivity index (χ2n) is 7.55. The van der Waals surface area contributed by atoms with Crippen molar-refractivity contribution in [1.29, 1.82) is 0 Å². The maximum atomic E-state index is 13.3. The van der Waals surface area contributed by atoms with E-state index in [1.54, 1.807) is 11.0 Å². The lowest BCUT2D eigenvalue weighted by Gasteiger charge is -2.21. The van der Waals surface area contributed by atoms with Gasteiger partial charge in [0, 0.05) is 43.7 Å². The van der Waals surface area contributed by atoms with E-state index in [1.165, 1.54) is 16.4 Å². The largest absolute Gasteiger partial charge is 0.451 e. The van der Waals surface area contributed by atoms with E-state index in [1.807, 2.05) is 25.1 Å². The number of amides is 1. The van der Waals surface area contributed by atoms with Gasteiger partial charge in [-0.15, -0.1) is 0 Å². The van der Waals surface area contributed by atoms with Crippen molar-refractivity contribution in [3.05, 3.63) is 65.7 Å². The Labute approximate surface area is 186 Å². The molecule has 4 rings (SSSR count). The number of carbonyl (C=O) groups excluding carboxylic acids is 1. The molecule has 2 heterocycles. The lowest BCUT2D eigenvalue weighted by Crippen LogP contribution is -2.37. The summed E-state index contributed by atoms with van der Waals surface area (Å²) >= 11 is 0. The highest BCUT2D eigenvalue weighted by molar-refractivity contribution is 7.89. The van der Waals surface area contributed by atoms with Crippen molar-refractivity contribution in [2.24, 2.45) is 0 Å². The van der Waals surface area contributed by atoms with Crippen LogP contribution < -0.4 is 0 Å². The zero-order chi connectivity index (χ0) is 22.7. The molecule has 1 saturated heterocycles. The van der Waals surface area contributed by atoms with E-state index in [2.05, 4.69) is 0 Å². The topological polar surface area (TPSA) is 80.1 Å². The number of hydrogen-bond donors (Lipinski definition) is 0. The number of benzene rings is 2. The van der Waals surface area contributed by atoms with Crippen molar-refractivity contribution in [3.8, 4) is 0 Å². The Balaban J connectivity index is 1.55. The molecule has 0 spiro atoms. The van der Waals surface area contributed by atoms with Gasteiger partial charge in [0.05, 0.1) is 11.5 Å². The highest BCUT2D eigenvalue weighted by Gasteiger charge is 2.31. The number of ether oxygens (including phenoxy) is 1. The van der Waals surface area contributed by atoms with Crippen molar-refractivity contribution in [1.82, 2.24) is 9.21 Å². The quantitative estimate of drug-likeness (QED) is 0.561. The van der Waals surface area contributed by atoms with E-state index in [-0.39, 0.29) is 42.8 Å². The van der Waals surface area contributed by atoms with Crippen LogP contribution in [-0.2, 0) is 21.4 Å². The monoisotopic (exact) mass is 460 g/mol. The first-order valence-electron chi connectivity index (χ1n) is 10.5. The third-order valence-corrected chi connectivity index (χ3v) is 7.45. The number of carbonyl (C=O) groups is 1. The molecule has 0 radical (unpaired) electrons. The summed E-state index contributed by atoms with van der Waals surface area (Å²) in [5.41, 5.74) is 1.31. The predicted molar refractivity (Wildman–Crippen MR) is 117 cm³/mol.